The van der Waals surface area contributed by atoms with E-state index in [0.29, 0.717) is 6.42 Å². The number of carbonyl (C=O) groups excluding carboxylic acids is 4. The van der Waals surface area contributed by atoms with Crippen LogP contribution in [0.4, 0.5) is 0 Å². The van der Waals surface area contributed by atoms with Crippen molar-refractivity contribution in [3.8, 4) is 0 Å². The Morgan fingerprint density at radius 1 is 0.857 bits per heavy atom. The molecule has 35 heavy (non-hydrogen) atoms. The van der Waals surface area contributed by atoms with Crippen molar-refractivity contribution in [3.63, 3.8) is 0 Å². The number of aryl methyl sites for hydroxylation is 1. The highest BCUT2D eigenvalue weighted by molar-refractivity contribution is 5.83. The second kappa shape index (κ2) is 12.3. The zero-order valence-electron chi connectivity index (χ0n) is 20.1. The second-order valence-corrected chi connectivity index (χ2v) is 8.05. The van der Waals surface area contributed by atoms with Crippen LogP contribution >= 0.6 is 0 Å². The molecule has 1 N–H and O–H groups in total. The Labute approximate surface area is 203 Å². The lowest BCUT2D eigenvalue weighted by Gasteiger charge is -2.40. The molecule has 0 unspecified atom stereocenters. The molecule has 1 saturated heterocycles. The highest BCUT2D eigenvalue weighted by atomic mass is 16.7. The van der Waals surface area contributed by atoms with E-state index in [1.54, 1.807) is 20.8 Å². The minimum absolute atomic E-state index is 0.0333. The SMILES string of the molecule is CCC(=O)O[C@H]1[C@@H](OC(=O)CCc2c[nH]c3ccccc23)OC[C@@H](OC(=O)CC)[C@H]1OC(=O)CC. The first-order valence-electron chi connectivity index (χ1n) is 11.8. The normalized spacial score (nSPS) is 21.8. The molecule has 1 aliphatic rings. The van der Waals surface area contributed by atoms with Crippen LogP contribution in [0.15, 0.2) is 30.5 Å². The first kappa shape index (κ1) is 26.2. The van der Waals surface area contributed by atoms with Gasteiger partial charge in [0.05, 0.1) is 6.61 Å². The lowest BCUT2D eigenvalue weighted by Crippen LogP contribution is -2.58. The molecule has 10 nitrogen and oxygen atoms in total. The van der Waals surface area contributed by atoms with E-state index in [1.165, 1.54) is 0 Å². The summed E-state index contributed by atoms with van der Waals surface area (Å²) >= 11 is 0. The molecule has 3 rings (SSSR count). The molecule has 10 heteroatoms. The van der Waals surface area contributed by atoms with Gasteiger partial charge < -0.3 is 28.7 Å². The van der Waals surface area contributed by atoms with Gasteiger partial charge in [0.25, 0.3) is 0 Å². The lowest BCUT2D eigenvalue weighted by atomic mass is 10.0. The van der Waals surface area contributed by atoms with E-state index in [4.69, 9.17) is 23.7 Å². The molecule has 1 aliphatic heterocycles. The fourth-order valence-corrected chi connectivity index (χ4v) is 3.70. The van der Waals surface area contributed by atoms with Crippen molar-refractivity contribution in [2.24, 2.45) is 0 Å². The van der Waals surface area contributed by atoms with Crippen molar-refractivity contribution < 1.29 is 42.9 Å². The number of hydrogen-bond acceptors (Lipinski definition) is 9. The van der Waals surface area contributed by atoms with Crippen LogP contribution < -0.4 is 0 Å². The molecule has 2 aromatic rings. The summed E-state index contributed by atoms with van der Waals surface area (Å²) in [6.07, 6.45) is -2.34. The summed E-state index contributed by atoms with van der Waals surface area (Å²) in [4.78, 5) is 52.0. The van der Waals surface area contributed by atoms with E-state index in [9.17, 15) is 19.2 Å². The number of carbonyl (C=O) groups is 4. The highest BCUT2D eigenvalue weighted by Crippen LogP contribution is 2.27. The molecule has 0 radical (unpaired) electrons. The van der Waals surface area contributed by atoms with Crippen molar-refractivity contribution in [2.45, 2.75) is 77.5 Å². The second-order valence-electron chi connectivity index (χ2n) is 8.05. The summed E-state index contributed by atoms with van der Waals surface area (Å²) in [6.45, 7) is 4.61. The van der Waals surface area contributed by atoms with Gasteiger partial charge in [-0.05, 0) is 18.1 Å². The Bertz CT molecular complexity index is 1050. The van der Waals surface area contributed by atoms with Gasteiger partial charge >= 0.3 is 23.9 Å². The summed E-state index contributed by atoms with van der Waals surface area (Å²) in [7, 11) is 0. The number of ether oxygens (including phenoxy) is 5. The molecule has 1 fully saturated rings. The Morgan fingerprint density at radius 2 is 1.49 bits per heavy atom. The predicted octanol–water partition coefficient (Wildman–Crippen LogP) is 2.97. The van der Waals surface area contributed by atoms with E-state index in [-0.39, 0.29) is 32.3 Å². The zero-order valence-corrected chi connectivity index (χ0v) is 20.1. The molecule has 190 valence electrons. The van der Waals surface area contributed by atoms with E-state index < -0.39 is 48.5 Å². The fraction of sp³-hybridized carbons (Fsp3) is 0.520. The Kier molecular flexibility index (Phi) is 9.25. The molecular formula is C25H31NO9. The fourth-order valence-electron chi connectivity index (χ4n) is 3.70. The van der Waals surface area contributed by atoms with E-state index in [2.05, 4.69) is 4.98 Å². The lowest BCUT2D eigenvalue weighted by molar-refractivity contribution is -0.275. The highest BCUT2D eigenvalue weighted by Gasteiger charge is 2.49. The number of benzene rings is 1. The summed E-state index contributed by atoms with van der Waals surface area (Å²) in [6, 6.07) is 7.74. The standard InChI is InChI=1S/C25H31NO9/c1-4-19(27)32-18-14-31-25(24(34-21(29)6-3)23(18)33-20(28)5-2)35-22(30)12-11-15-13-26-17-10-8-7-9-16(15)17/h7-10,13,18,23-26H,4-6,11-12,14H2,1-3H3/t18-,23-,24-,25-/m1/s1. The van der Waals surface area contributed by atoms with Gasteiger partial charge in [0.2, 0.25) is 12.4 Å². The summed E-state index contributed by atoms with van der Waals surface area (Å²) in [5.41, 5.74) is 1.92. The largest absolute Gasteiger partial charge is 0.456 e. The average Bonchev–Trinajstić information content (AvgIpc) is 3.28. The maximum atomic E-state index is 12.7. The molecule has 0 spiro atoms. The van der Waals surface area contributed by atoms with Gasteiger partial charge in [0, 0.05) is 42.8 Å². The van der Waals surface area contributed by atoms with Gasteiger partial charge in [-0.25, -0.2) is 0 Å². The quantitative estimate of drug-likeness (QED) is 0.395. The molecule has 0 amide bonds. The third-order valence-corrected chi connectivity index (χ3v) is 5.59. The van der Waals surface area contributed by atoms with Crippen LogP contribution in [0.2, 0.25) is 0 Å². The number of rotatable bonds is 10. The van der Waals surface area contributed by atoms with Crippen LogP contribution in [0.5, 0.6) is 0 Å². The van der Waals surface area contributed by atoms with Crippen molar-refractivity contribution in [3.05, 3.63) is 36.0 Å². The predicted molar refractivity (Wildman–Crippen MR) is 123 cm³/mol. The molecule has 1 aromatic heterocycles. The number of nitrogens with one attached hydrogen (secondary N) is 1. The van der Waals surface area contributed by atoms with Crippen LogP contribution in [0.3, 0.4) is 0 Å². The number of para-hydroxylation sites is 1. The molecule has 0 saturated carbocycles. The minimum Gasteiger partial charge on any atom is -0.456 e. The Morgan fingerprint density at radius 3 is 2.17 bits per heavy atom. The van der Waals surface area contributed by atoms with Gasteiger partial charge in [0.1, 0.15) is 0 Å². The van der Waals surface area contributed by atoms with Gasteiger partial charge in [-0.2, -0.15) is 0 Å². The van der Waals surface area contributed by atoms with Crippen LogP contribution in [0.25, 0.3) is 10.9 Å². The third-order valence-electron chi connectivity index (χ3n) is 5.59. The number of aromatic amines is 1. The van der Waals surface area contributed by atoms with Crippen molar-refractivity contribution in [2.75, 3.05) is 6.61 Å². The molecule has 1 aromatic carbocycles. The zero-order chi connectivity index (χ0) is 25.4. The van der Waals surface area contributed by atoms with Crippen molar-refractivity contribution >= 4 is 34.8 Å². The average molecular weight is 490 g/mol. The van der Waals surface area contributed by atoms with E-state index >= 15 is 0 Å². The van der Waals surface area contributed by atoms with Crippen molar-refractivity contribution in [1.29, 1.82) is 0 Å². The van der Waals surface area contributed by atoms with Gasteiger partial charge in [-0.15, -0.1) is 0 Å². The molecule has 4 atom stereocenters. The van der Waals surface area contributed by atoms with Crippen LogP contribution in [-0.4, -0.2) is 60.1 Å². The first-order chi connectivity index (χ1) is 16.9. The molecule has 2 heterocycles. The van der Waals surface area contributed by atoms with E-state index in [0.717, 1.165) is 16.5 Å². The number of aromatic nitrogens is 1. The Hall–Kier alpha value is -3.40. The van der Waals surface area contributed by atoms with Gasteiger partial charge in [-0.3, -0.25) is 19.2 Å². The first-order valence-corrected chi connectivity index (χ1v) is 11.8. The van der Waals surface area contributed by atoms with Gasteiger partial charge in [-0.1, -0.05) is 39.0 Å². The minimum atomic E-state index is -1.33. The number of fused-ring (bicyclic) bond motifs is 1. The number of H-pyrrole nitrogens is 1. The summed E-state index contributed by atoms with van der Waals surface area (Å²) in [5.74, 6) is -2.32. The third kappa shape index (κ3) is 6.82. The maximum Gasteiger partial charge on any atom is 0.308 e. The molecular weight excluding hydrogens is 458 g/mol. The monoisotopic (exact) mass is 489 g/mol. The van der Waals surface area contributed by atoms with Crippen LogP contribution in [-0.2, 0) is 49.3 Å². The maximum absolute atomic E-state index is 12.7. The number of esters is 4. The smallest absolute Gasteiger partial charge is 0.308 e. The summed E-state index contributed by atoms with van der Waals surface area (Å²) < 4.78 is 27.4. The van der Waals surface area contributed by atoms with E-state index in [1.807, 2.05) is 30.5 Å². The summed E-state index contributed by atoms with van der Waals surface area (Å²) in [5, 5.41) is 1.01. The number of hydrogen-bond donors (Lipinski definition) is 1. The van der Waals surface area contributed by atoms with Crippen LogP contribution in [0.1, 0.15) is 52.0 Å². The molecule has 0 aliphatic carbocycles. The van der Waals surface area contributed by atoms with Crippen molar-refractivity contribution in [1.82, 2.24) is 4.98 Å². The topological polar surface area (TPSA) is 130 Å². The van der Waals surface area contributed by atoms with Crippen LogP contribution in [0, 0.1) is 0 Å². The van der Waals surface area contributed by atoms with Gasteiger partial charge in [0.15, 0.2) is 12.2 Å². The molecule has 0 bridgehead atoms. The Balaban J connectivity index is 1.73.